The standard InChI is InChI=1S/C43H35NO/c45-33-35-26-29-39(30-27-35)44(32-42(36-19-10-4-11-20-36)37-21-12-5-13-22-37)43-31-28-38(40-24-14-15-25-41(40)43)23-9-2-1-6-16-34-17-7-3-8-18-34/h1-32,45H,33H2/b2-1+,16-6+,23-9+. The number of anilines is 2. The molecule has 2 nitrogen and oxygen atoms in total. The van der Waals surface area contributed by atoms with E-state index in [0.29, 0.717) is 0 Å². The van der Waals surface area contributed by atoms with Crippen molar-refractivity contribution in [2.75, 3.05) is 4.90 Å². The zero-order valence-electron chi connectivity index (χ0n) is 25.1. The van der Waals surface area contributed by atoms with Gasteiger partial charge in [0, 0.05) is 22.8 Å². The number of fused-ring (bicyclic) bond motifs is 1. The predicted molar refractivity (Wildman–Crippen MR) is 192 cm³/mol. The van der Waals surface area contributed by atoms with Crippen molar-refractivity contribution < 1.29 is 5.11 Å². The largest absolute Gasteiger partial charge is 0.392 e. The van der Waals surface area contributed by atoms with Crippen molar-refractivity contribution in [3.63, 3.8) is 0 Å². The second-order valence-corrected chi connectivity index (χ2v) is 10.7. The van der Waals surface area contributed by atoms with E-state index in [9.17, 15) is 5.11 Å². The fraction of sp³-hybridized carbons (Fsp3) is 0.0233. The average Bonchev–Trinajstić information content (AvgIpc) is 3.12. The molecule has 0 spiro atoms. The lowest BCUT2D eigenvalue weighted by molar-refractivity contribution is 0.282. The van der Waals surface area contributed by atoms with E-state index in [1.807, 2.05) is 42.5 Å². The van der Waals surface area contributed by atoms with Gasteiger partial charge in [0.05, 0.1) is 12.3 Å². The van der Waals surface area contributed by atoms with Crippen LogP contribution in [0.3, 0.4) is 0 Å². The molecule has 0 saturated heterocycles. The first-order valence-corrected chi connectivity index (χ1v) is 15.2. The van der Waals surface area contributed by atoms with Crippen molar-refractivity contribution in [3.05, 3.63) is 210 Å². The molecule has 0 aliphatic rings. The third-order valence-corrected chi connectivity index (χ3v) is 7.72. The number of nitrogens with zero attached hydrogens (tertiary/aromatic N) is 1. The highest BCUT2D eigenvalue weighted by Gasteiger charge is 2.15. The van der Waals surface area contributed by atoms with Gasteiger partial charge in [-0.15, -0.1) is 0 Å². The summed E-state index contributed by atoms with van der Waals surface area (Å²) in [6.07, 6.45) is 14.8. The Bertz CT molecular complexity index is 1910. The molecule has 0 atom stereocenters. The SMILES string of the molecule is OCc1ccc(N(C=C(c2ccccc2)c2ccccc2)c2ccc(/C=C/C=C/C=C/c3ccccc3)c3ccccc23)cc1. The van der Waals surface area contributed by atoms with Gasteiger partial charge in [0.15, 0.2) is 0 Å². The highest BCUT2D eigenvalue weighted by atomic mass is 16.3. The van der Waals surface area contributed by atoms with Crippen LogP contribution in [0.25, 0.3) is 28.5 Å². The number of aliphatic hydroxyl groups excluding tert-OH is 1. The molecule has 0 aromatic heterocycles. The first-order chi connectivity index (χ1) is 22.3. The maximum absolute atomic E-state index is 9.73. The van der Waals surface area contributed by atoms with Gasteiger partial charge >= 0.3 is 0 Å². The molecule has 6 aromatic carbocycles. The third kappa shape index (κ3) is 7.27. The van der Waals surface area contributed by atoms with Gasteiger partial charge in [-0.1, -0.05) is 170 Å². The molecule has 0 saturated carbocycles. The molecule has 218 valence electrons. The molecule has 0 heterocycles. The quantitative estimate of drug-likeness (QED) is 0.163. The number of aliphatic hydroxyl groups is 1. The maximum atomic E-state index is 9.73. The molecular weight excluding hydrogens is 546 g/mol. The molecule has 6 aromatic rings. The summed E-state index contributed by atoms with van der Waals surface area (Å²) in [5.41, 5.74) is 8.69. The summed E-state index contributed by atoms with van der Waals surface area (Å²) in [6.45, 7) is 0.00978. The Morgan fingerprint density at radius 2 is 1.07 bits per heavy atom. The third-order valence-electron chi connectivity index (χ3n) is 7.72. The van der Waals surface area contributed by atoms with Crippen molar-refractivity contribution in [3.8, 4) is 0 Å². The Morgan fingerprint density at radius 1 is 0.511 bits per heavy atom. The van der Waals surface area contributed by atoms with Crippen LogP contribution in [0.2, 0.25) is 0 Å². The van der Waals surface area contributed by atoms with Crippen molar-refractivity contribution in [1.82, 2.24) is 0 Å². The van der Waals surface area contributed by atoms with Crippen LogP contribution in [0.4, 0.5) is 11.4 Å². The number of allylic oxidation sites excluding steroid dienone is 4. The number of benzene rings is 6. The van der Waals surface area contributed by atoms with Crippen molar-refractivity contribution in [2.24, 2.45) is 0 Å². The molecule has 45 heavy (non-hydrogen) atoms. The van der Waals surface area contributed by atoms with E-state index >= 15 is 0 Å². The van der Waals surface area contributed by atoms with Crippen LogP contribution in [0.15, 0.2) is 182 Å². The van der Waals surface area contributed by atoms with Crippen LogP contribution in [0.5, 0.6) is 0 Å². The smallest absolute Gasteiger partial charge is 0.0681 e. The summed E-state index contributed by atoms with van der Waals surface area (Å²) in [5, 5.41) is 12.0. The Labute approximate surface area is 265 Å². The molecule has 0 aliphatic carbocycles. The van der Waals surface area contributed by atoms with E-state index in [2.05, 4.69) is 157 Å². The minimum atomic E-state index is 0.00978. The van der Waals surface area contributed by atoms with Gasteiger partial charge in [0.25, 0.3) is 0 Å². The summed E-state index contributed by atoms with van der Waals surface area (Å²) < 4.78 is 0. The van der Waals surface area contributed by atoms with Gasteiger partial charge in [0.1, 0.15) is 0 Å². The monoisotopic (exact) mass is 581 g/mol. The van der Waals surface area contributed by atoms with Crippen LogP contribution >= 0.6 is 0 Å². The molecule has 2 heteroatoms. The van der Waals surface area contributed by atoms with Crippen LogP contribution in [0.1, 0.15) is 27.8 Å². The minimum absolute atomic E-state index is 0.00978. The molecule has 0 aliphatic heterocycles. The molecule has 0 amide bonds. The van der Waals surface area contributed by atoms with Gasteiger partial charge < -0.3 is 10.0 Å². The van der Waals surface area contributed by atoms with Gasteiger partial charge in [-0.3, -0.25) is 0 Å². The van der Waals surface area contributed by atoms with Gasteiger partial charge in [0.2, 0.25) is 0 Å². The van der Waals surface area contributed by atoms with E-state index in [0.717, 1.165) is 44.6 Å². The lowest BCUT2D eigenvalue weighted by atomic mass is 9.97. The van der Waals surface area contributed by atoms with E-state index in [1.165, 1.54) is 10.9 Å². The van der Waals surface area contributed by atoms with Gasteiger partial charge in [-0.25, -0.2) is 0 Å². The summed E-state index contributed by atoms with van der Waals surface area (Å²) >= 11 is 0. The molecule has 1 N–H and O–H groups in total. The molecule has 0 unspecified atom stereocenters. The molecule has 0 radical (unpaired) electrons. The van der Waals surface area contributed by atoms with Crippen LogP contribution < -0.4 is 4.90 Å². The first kappa shape index (κ1) is 29.4. The lowest BCUT2D eigenvalue weighted by Gasteiger charge is -2.25. The second-order valence-electron chi connectivity index (χ2n) is 10.7. The zero-order valence-corrected chi connectivity index (χ0v) is 25.1. The van der Waals surface area contributed by atoms with E-state index in [1.54, 1.807) is 0 Å². The fourth-order valence-corrected chi connectivity index (χ4v) is 5.41. The van der Waals surface area contributed by atoms with E-state index in [-0.39, 0.29) is 6.61 Å². The Balaban J connectivity index is 1.43. The first-order valence-electron chi connectivity index (χ1n) is 15.2. The lowest BCUT2D eigenvalue weighted by Crippen LogP contribution is -2.11. The topological polar surface area (TPSA) is 23.5 Å². The van der Waals surface area contributed by atoms with E-state index in [4.69, 9.17) is 0 Å². The number of rotatable bonds is 10. The highest BCUT2D eigenvalue weighted by Crippen LogP contribution is 2.37. The Morgan fingerprint density at radius 3 is 1.69 bits per heavy atom. The van der Waals surface area contributed by atoms with Crippen molar-refractivity contribution in [2.45, 2.75) is 6.61 Å². The summed E-state index contributed by atoms with van der Waals surface area (Å²) in [6, 6.07) is 52.4. The Hall–Kier alpha value is -5.70. The predicted octanol–water partition coefficient (Wildman–Crippen LogP) is 10.8. The van der Waals surface area contributed by atoms with Crippen LogP contribution in [0, 0.1) is 0 Å². The van der Waals surface area contributed by atoms with Crippen LogP contribution in [-0.2, 0) is 6.61 Å². The van der Waals surface area contributed by atoms with Crippen molar-refractivity contribution >= 4 is 39.9 Å². The van der Waals surface area contributed by atoms with Crippen LogP contribution in [-0.4, -0.2) is 5.11 Å². The Kier molecular flexibility index (Phi) is 9.57. The average molecular weight is 582 g/mol. The fourth-order valence-electron chi connectivity index (χ4n) is 5.41. The van der Waals surface area contributed by atoms with E-state index < -0.39 is 0 Å². The zero-order chi connectivity index (χ0) is 30.7. The van der Waals surface area contributed by atoms with Crippen molar-refractivity contribution in [1.29, 1.82) is 0 Å². The van der Waals surface area contributed by atoms with Gasteiger partial charge in [-0.2, -0.15) is 0 Å². The minimum Gasteiger partial charge on any atom is -0.392 e. The number of hydrogen-bond donors (Lipinski definition) is 1. The summed E-state index contributed by atoms with van der Waals surface area (Å²) in [4.78, 5) is 2.26. The number of hydrogen-bond acceptors (Lipinski definition) is 2. The maximum Gasteiger partial charge on any atom is 0.0681 e. The molecule has 0 fully saturated rings. The molecule has 0 bridgehead atoms. The molecular formula is C43H35NO. The second kappa shape index (κ2) is 14.7. The molecule has 6 rings (SSSR count). The van der Waals surface area contributed by atoms with Gasteiger partial charge in [-0.05, 0) is 51.4 Å². The summed E-state index contributed by atoms with van der Waals surface area (Å²) in [7, 11) is 0. The normalized spacial score (nSPS) is 11.5. The highest BCUT2D eigenvalue weighted by molar-refractivity contribution is 6.02. The summed E-state index contributed by atoms with van der Waals surface area (Å²) in [5.74, 6) is 0.